The molecule has 0 bridgehead atoms. The van der Waals surface area contributed by atoms with Gasteiger partial charge in [-0.3, -0.25) is 14.5 Å². The maximum atomic E-state index is 11.2. The first kappa shape index (κ1) is 17.3. The number of phenols is 1. The van der Waals surface area contributed by atoms with Crippen molar-refractivity contribution in [1.82, 2.24) is 14.8 Å². The van der Waals surface area contributed by atoms with Crippen LogP contribution in [-0.4, -0.2) is 26.2 Å². The molecule has 4 rings (SSSR count). The third-order valence-corrected chi connectivity index (χ3v) is 5.02. The smallest absolute Gasteiger partial charge is 0.157 e. The van der Waals surface area contributed by atoms with E-state index in [4.69, 9.17) is 4.74 Å². The highest BCUT2D eigenvalue weighted by Crippen LogP contribution is 2.33. The average Bonchev–Trinajstić information content (AvgIpc) is 3.38. The Morgan fingerprint density at radius 2 is 2.00 bits per heavy atom. The molecule has 138 valence electrons. The normalized spacial score (nSPS) is 14.4. The zero-order valence-electron chi connectivity index (χ0n) is 14.9. The van der Waals surface area contributed by atoms with E-state index in [0.717, 1.165) is 29.8 Å². The third kappa shape index (κ3) is 3.43. The fraction of sp³-hybridized carbons (Fsp3) is 0.286. The SMILES string of the molecule is O=Cc1c(O)cccc1OCc1cccnc1-c1ccnn1C1CCCC1. The largest absolute Gasteiger partial charge is 0.507 e. The molecule has 0 saturated heterocycles. The second-order valence-corrected chi connectivity index (χ2v) is 6.71. The summed E-state index contributed by atoms with van der Waals surface area (Å²) in [7, 11) is 0. The van der Waals surface area contributed by atoms with Crippen LogP contribution >= 0.6 is 0 Å². The number of hydrogen-bond donors (Lipinski definition) is 1. The van der Waals surface area contributed by atoms with Gasteiger partial charge in [0, 0.05) is 18.0 Å². The number of benzene rings is 1. The zero-order chi connectivity index (χ0) is 18.6. The van der Waals surface area contributed by atoms with E-state index < -0.39 is 0 Å². The number of carbonyl (C=O) groups is 1. The van der Waals surface area contributed by atoms with Crippen LogP contribution < -0.4 is 4.74 Å². The lowest BCUT2D eigenvalue weighted by molar-refractivity contribution is 0.111. The molecule has 1 fully saturated rings. The molecule has 6 heteroatoms. The summed E-state index contributed by atoms with van der Waals surface area (Å²) in [6, 6.07) is 11.0. The summed E-state index contributed by atoms with van der Waals surface area (Å²) in [4.78, 5) is 15.8. The van der Waals surface area contributed by atoms with Crippen LogP contribution in [0.2, 0.25) is 0 Å². The van der Waals surface area contributed by atoms with E-state index in [-0.39, 0.29) is 17.9 Å². The molecule has 1 aliphatic rings. The number of nitrogens with zero attached hydrogens (tertiary/aromatic N) is 3. The van der Waals surface area contributed by atoms with Crippen LogP contribution in [0.25, 0.3) is 11.4 Å². The first-order chi connectivity index (χ1) is 13.3. The monoisotopic (exact) mass is 363 g/mol. The first-order valence-corrected chi connectivity index (χ1v) is 9.15. The van der Waals surface area contributed by atoms with Crippen molar-refractivity contribution in [3.8, 4) is 22.9 Å². The minimum Gasteiger partial charge on any atom is -0.507 e. The first-order valence-electron chi connectivity index (χ1n) is 9.15. The second-order valence-electron chi connectivity index (χ2n) is 6.71. The minimum atomic E-state index is -0.0896. The number of ether oxygens (including phenoxy) is 1. The molecule has 0 amide bonds. The highest BCUT2D eigenvalue weighted by molar-refractivity contribution is 5.83. The van der Waals surface area contributed by atoms with Crippen LogP contribution in [0, 0.1) is 0 Å². The van der Waals surface area contributed by atoms with Crippen LogP contribution in [0.15, 0.2) is 48.8 Å². The highest BCUT2D eigenvalue weighted by atomic mass is 16.5. The van der Waals surface area contributed by atoms with Crippen molar-refractivity contribution in [2.24, 2.45) is 0 Å². The van der Waals surface area contributed by atoms with Crippen molar-refractivity contribution < 1.29 is 14.6 Å². The fourth-order valence-electron chi connectivity index (χ4n) is 3.66. The lowest BCUT2D eigenvalue weighted by atomic mass is 10.1. The van der Waals surface area contributed by atoms with E-state index in [1.807, 2.05) is 24.4 Å². The maximum absolute atomic E-state index is 11.2. The van der Waals surface area contributed by atoms with Crippen molar-refractivity contribution in [1.29, 1.82) is 0 Å². The lowest BCUT2D eigenvalue weighted by Crippen LogP contribution is -2.10. The van der Waals surface area contributed by atoms with E-state index >= 15 is 0 Å². The summed E-state index contributed by atoms with van der Waals surface area (Å²) in [6.07, 6.45) is 8.91. The summed E-state index contributed by atoms with van der Waals surface area (Å²) in [5.74, 6) is 0.261. The van der Waals surface area contributed by atoms with Gasteiger partial charge in [-0.25, -0.2) is 0 Å². The van der Waals surface area contributed by atoms with Crippen LogP contribution in [0.3, 0.4) is 0 Å². The molecule has 2 aromatic heterocycles. The molecular weight excluding hydrogens is 342 g/mol. The second kappa shape index (κ2) is 7.61. The summed E-state index contributed by atoms with van der Waals surface area (Å²) in [6.45, 7) is 0.239. The van der Waals surface area contributed by atoms with Crippen LogP contribution in [0.5, 0.6) is 11.5 Å². The number of hydrogen-bond acceptors (Lipinski definition) is 5. The molecule has 0 atom stereocenters. The van der Waals surface area contributed by atoms with Gasteiger partial charge in [-0.2, -0.15) is 5.10 Å². The molecule has 27 heavy (non-hydrogen) atoms. The van der Waals surface area contributed by atoms with Gasteiger partial charge in [0.05, 0.1) is 23.0 Å². The number of phenolic OH excluding ortho intramolecular Hbond substituents is 1. The van der Waals surface area contributed by atoms with Gasteiger partial charge in [0.15, 0.2) is 6.29 Å². The number of aromatic hydroxyl groups is 1. The quantitative estimate of drug-likeness (QED) is 0.666. The van der Waals surface area contributed by atoms with E-state index in [0.29, 0.717) is 18.1 Å². The molecule has 0 radical (unpaired) electrons. The number of aromatic nitrogens is 3. The predicted octanol–water partition coefficient (Wildman–Crippen LogP) is 4.16. The molecule has 1 aromatic carbocycles. The molecule has 6 nitrogen and oxygen atoms in total. The zero-order valence-corrected chi connectivity index (χ0v) is 14.9. The number of carbonyl (C=O) groups excluding carboxylic acids is 1. The Hall–Kier alpha value is -3.15. The average molecular weight is 363 g/mol. The Morgan fingerprint density at radius 1 is 1.15 bits per heavy atom. The molecule has 3 aromatic rings. The maximum Gasteiger partial charge on any atom is 0.157 e. The molecule has 0 unspecified atom stereocenters. The van der Waals surface area contributed by atoms with E-state index in [9.17, 15) is 9.90 Å². The molecular formula is C21H21N3O3. The highest BCUT2D eigenvalue weighted by Gasteiger charge is 2.22. The van der Waals surface area contributed by atoms with Gasteiger partial charge in [-0.15, -0.1) is 0 Å². The topological polar surface area (TPSA) is 77.2 Å². The molecule has 1 N–H and O–H groups in total. The van der Waals surface area contributed by atoms with Gasteiger partial charge >= 0.3 is 0 Å². The van der Waals surface area contributed by atoms with Crippen molar-refractivity contribution in [2.75, 3.05) is 0 Å². The van der Waals surface area contributed by atoms with E-state index in [1.54, 1.807) is 18.3 Å². The van der Waals surface area contributed by atoms with Crippen LogP contribution in [-0.2, 0) is 6.61 Å². The standard InChI is InChI=1S/C21H21N3O3/c25-13-17-19(26)8-3-9-20(17)27-14-15-5-4-11-22-21(15)18-10-12-23-24(18)16-6-1-2-7-16/h3-5,8-13,16,26H,1-2,6-7,14H2. The summed E-state index contributed by atoms with van der Waals surface area (Å²) in [5, 5.41) is 14.3. The van der Waals surface area contributed by atoms with Crippen molar-refractivity contribution >= 4 is 6.29 Å². The van der Waals surface area contributed by atoms with Gasteiger partial charge in [-0.1, -0.05) is 25.0 Å². The summed E-state index contributed by atoms with van der Waals surface area (Å²) in [5.41, 5.74) is 2.86. The van der Waals surface area contributed by atoms with E-state index in [1.165, 1.54) is 18.9 Å². The van der Waals surface area contributed by atoms with Gasteiger partial charge < -0.3 is 9.84 Å². The summed E-state index contributed by atoms with van der Waals surface area (Å²) < 4.78 is 7.91. The Kier molecular flexibility index (Phi) is 4.87. The van der Waals surface area contributed by atoms with Crippen molar-refractivity contribution in [3.05, 3.63) is 59.9 Å². The lowest BCUT2D eigenvalue weighted by Gasteiger charge is -2.16. The van der Waals surface area contributed by atoms with Gasteiger partial charge in [-0.05, 0) is 37.1 Å². The number of rotatable bonds is 6. The Bertz CT molecular complexity index is 945. The third-order valence-electron chi connectivity index (χ3n) is 5.02. The minimum absolute atomic E-state index is 0.0896. The molecule has 0 aliphatic heterocycles. The Balaban J connectivity index is 1.62. The Labute approximate surface area is 157 Å². The molecule has 2 heterocycles. The predicted molar refractivity (Wildman–Crippen MR) is 101 cm³/mol. The van der Waals surface area contributed by atoms with E-state index in [2.05, 4.69) is 14.8 Å². The summed E-state index contributed by atoms with van der Waals surface area (Å²) >= 11 is 0. The molecule has 1 aliphatic carbocycles. The number of aldehydes is 1. The van der Waals surface area contributed by atoms with Gasteiger partial charge in [0.2, 0.25) is 0 Å². The molecule has 0 spiro atoms. The van der Waals surface area contributed by atoms with Gasteiger partial charge in [0.25, 0.3) is 0 Å². The fourth-order valence-corrected chi connectivity index (χ4v) is 3.66. The van der Waals surface area contributed by atoms with Crippen LogP contribution in [0.4, 0.5) is 0 Å². The van der Waals surface area contributed by atoms with Crippen molar-refractivity contribution in [2.45, 2.75) is 38.3 Å². The van der Waals surface area contributed by atoms with Gasteiger partial charge in [0.1, 0.15) is 18.1 Å². The van der Waals surface area contributed by atoms with Crippen molar-refractivity contribution in [3.63, 3.8) is 0 Å². The Morgan fingerprint density at radius 3 is 2.81 bits per heavy atom. The molecule has 1 saturated carbocycles. The number of pyridine rings is 1. The van der Waals surface area contributed by atoms with Crippen LogP contribution in [0.1, 0.15) is 47.6 Å².